The molecule has 1 aromatic carbocycles. The van der Waals surface area contributed by atoms with Gasteiger partial charge in [0.1, 0.15) is 5.75 Å². The van der Waals surface area contributed by atoms with E-state index in [2.05, 4.69) is 31.0 Å². The summed E-state index contributed by atoms with van der Waals surface area (Å²) in [5, 5.41) is 7.22. The van der Waals surface area contributed by atoms with Crippen molar-refractivity contribution in [3.63, 3.8) is 0 Å². The van der Waals surface area contributed by atoms with Crippen LogP contribution >= 0.6 is 12.2 Å². The van der Waals surface area contributed by atoms with Crippen LogP contribution in [-0.4, -0.2) is 21.9 Å². The van der Waals surface area contributed by atoms with Crippen molar-refractivity contribution in [1.82, 2.24) is 14.8 Å². The smallest absolute Gasteiger partial charge is 0.195 e. The Kier molecular flexibility index (Phi) is 3.49. The van der Waals surface area contributed by atoms with Gasteiger partial charge in [0.25, 0.3) is 0 Å². The topological polar surface area (TPSA) is 42.8 Å². The lowest BCUT2D eigenvalue weighted by Crippen LogP contribution is -2.23. The third-order valence-corrected chi connectivity index (χ3v) is 3.28. The Balaban J connectivity index is 2.64. The number of rotatable bonds is 2. The molecule has 0 spiro atoms. The number of ether oxygens (including phenoxy) is 1. The van der Waals surface area contributed by atoms with Gasteiger partial charge < -0.3 is 4.74 Å². The van der Waals surface area contributed by atoms with Crippen LogP contribution in [0, 0.1) is 11.7 Å². The predicted molar refractivity (Wildman–Crippen MR) is 79.1 cm³/mol. The molecule has 0 aliphatic rings. The summed E-state index contributed by atoms with van der Waals surface area (Å²) in [5.74, 6) is 1.68. The van der Waals surface area contributed by atoms with E-state index in [1.165, 1.54) is 0 Å². The van der Waals surface area contributed by atoms with Gasteiger partial charge in [-0.2, -0.15) is 5.10 Å². The summed E-state index contributed by atoms with van der Waals surface area (Å²) in [6, 6.07) is 6.05. The Morgan fingerprint density at radius 2 is 2.00 bits per heavy atom. The van der Waals surface area contributed by atoms with Gasteiger partial charge in [-0.25, -0.2) is 0 Å². The van der Waals surface area contributed by atoms with Gasteiger partial charge in [0.05, 0.1) is 7.11 Å². The number of hydrogen-bond donors (Lipinski definition) is 1. The van der Waals surface area contributed by atoms with Gasteiger partial charge in [0, 0.05) is 11.1 Å². The zero-order valence-corrected chi connectivity index (χ0v) is 12.8. The van der Waals surface area contributed by atoms with Crippen molar-refractivity contribution in [1.29, 1.82) is 0 Å². The second kappa shape index (κ2) is 4.81. The molecule has 0 unspecified atom stereocenters. The van der Waals surface area contributed by atoms with E-state index in [0.717, 1.165) is 22.7 Å². The summed E-state index contributed by atoms with van der Waals surface area (Å²) >= 11 is 5.32. The highest BCUT2D eigenvalue weighted by molar-refractivity contribution is 7.71. The van der Waals surface area contributed by atoms with Gasteiger partial charge in [-0.15, -0.1) is 0 Å². The van der Waals surface area contributed by atoms with Crippen LogP contribution in [-0.2, 0) is 5.54 Å². The Labute approximate surface area is 118 Å². The highest BCUT2D eigenvalue weighted by Gasteiger charge is 2.20. The molecule has 0 aliphatic heterocycles. The molecule has 102 valence electrons. The standard InChI is InChI=1S/C14H19N3OS/c1-9-6-7-10(8-11(9)18-5)12-15-16-13(19)17(12)14(2,3)4/h6-8H,1-5H3,(H,16,19). The molecular formula is C14H19N3OS. The molecule has 2 aromatic rings. The lowest BCUT2D eigenvalue weighted by molar-refractivity contribution is 0.395. The summed E-state index contributed by atoms with van der Waals surface area (Å²) in [4.78, 5) is 0. The molecular weight excluding hydrogens is 258 g/mol. The van der Waals surface area contributed by atoms with Crippen molar-refractivity contribution < 1.29 is 4.74 Å². The van der Waals surface area contributed by atoms with Crippen molar-refractivity contribution in [3.05, 3.63) is 28.5 Å². The van der Waals surface area contributed by atoms with Crippen molar-refractivity contribution in [2.45, 2.75) is 33.2 Å². The molecule has 4 nitrogen and oxygen atoms in total. The van der Waals surface area contributed by atoms with Crippen molar-refractivity contribution in [2.75, 3.05) is 7.11 Å². The van der Waals surface area contributed by atoms with Crippen LogP contribution in [0.5, 0.6) is 5.75 Å². The second-order valence-electron chi connectivity index (χ2n) is 5.54. The number of benzene rings is 1. The van der Waals surface area contributed by atoms with E-state index in [1.54, 1.807) is 7.11 Å². The van der Waals surface area contributed by atoms with Gasteiger partial charge >= 0.3 is 0 Å². The second-order valence-corrected chi connectivity index (χ2v) is 5.93. The molecule has 1 heterocycles. The molecule has 1 N–H and O–H groups in total. The highest BCUT2D eigenvalue weighted by Crippen LogP contribution is 2.28. The van der Waals surface area contributed by atoms with Crippen LogP contribution in [0.4, 0.5) is 0 Å². The van der Waals surface area contributed by atoms with Gasteiger partial charge in [0.15, 0.2) is 10.6 Å². The quantitative estimate of drug-likeness (QED) is 0.851. The molecule has 0 aliphatic carbocycles. The van der Waals surface area contributed by atoms with Crippen LogP contribution in [0.1, 0.15) is 26.3 Å². The Bertz CT molecular complexity index is 649. The summed E-state index contributed by atoms with van der Waals surface area (Å²) < 4.78 is 8.01. The summed E-state index contributed by atoms with van der Waals surface area (Å²) in [6.07, 6.45) is 0. The predicted octanol–water partition coefficient (Wildman–Crippen LogP) is 3.68. The number of H-pyrrole nitrogens is 1. The van der Waals surface area contributed by atoms with Crippen molar-refractivity contribution in [3.8, 4) is 17.1 Å². The van der Waals surface area contributed by atoms with Crippen LogP contribution in [0.15, 0.2) is 18.2 Å². The first-order valence-electron chi connectivity index (χ1n) is 6.17. The zero-order chi connectivity index (χ0) is 14.2. The lowest BCUT2D eigenvalue weighted by atomic mass is 10.1. The number of aryl methyl sites for hydroxylation is 1. The largest absolute Gasteiger partial charge is 0.496 e. The SMILES string of the molecule is COc1cc(-c2n[nH]c(=S)n2C(C)(C)C)ccc1C. The Hall–Kier alpha value is -1.62. The molecule has 0 saturated carbocycles. The minimum absolute atomic E-state index is 0.127. The first-order valence-corrected chi connectivity index (χ1v) is 6.58. The lowest BCUT2D eigenvalue weighted by Gasteiger charge is -2.22. The van der Waals surface area contributed by atoms with Gasteiger partial charge in [0.2, 0.25) is 0 Å². The maximum Gasteiger partial charge on any atom is 0.195 e. The van der Waals surface area contributed by atoms with E-state index in [-0.39, 0.29) is 5.54 Å². The fourth-order valence-corrected chi connectivity index (χ4v) is 2.48. The first-order chi connectivity index (χ1) is 8.84. The number of nitrogens with zero attached hydrogens (tertiary/aromatic N) is 2. The number of methoxy groups -OCH3 is 1. The fraction of sp³-hybridized carbons (Fsp3) is 0.429. The van der Waals surface area contributed by atoms with Crippen molar-refractivity contribution in [2.24, 2.45) is 0 Å². The van der Waals surface area contributed by atoms with E-state index >= 15 is 0 Å². The number of hydrogen-bond acceptors (Lipinski definition) is 3. The summed E-state index contributed by atoms with van der Waals surface area (Å²) in [6.45, 7) is 8.33. The van der Waals surface area contributed by atoms with Crippen LogP contribution in [0.3, 0.4) is 0 Å². The third kappa shape index (κ3) is 2.56. The molecule has 0 saturated heterocycles. The first kappa shape index (κ1) is 13.8. The van der Waals surface area contributed by atoms with E-state index in [4.69, 9.17) is 17.0 Å². The zero-order valence-electron chi connectivity index (χ0n) is 11.9. The van der Waals surface area contributed by atoms with Gasteiger partial charge in [-0.05, 0) is 51.5 Å². The van der Waals surface area contributed by atoms with Gasteiger partial charge in [-0.1, -0.05) is 12.1 Å². The fourth-order valence-electron chi connectivity index (χ4n) is 2.07. The Morgan fingerprint density at radius 1 is 1.32 bits per heavy atom. The average molecular weight is 277 g/mol. The van der Waals surface area contributed by atoms with Gasteiger partial charge in [-0.3, -0.25) is 9.67 Å². The molecule has 19 heavy (non-hydrogen) atoms. The van der Waals surface area contributed by atoms with Crippen LogP contribution < -0.4 is 4.74 Å². The summed E-state index contributed by atoms with van der Waals surface area (Å²) in [5.41, 5.74) is 1.96. The normalized spacial score (nSPS) is 11.6. The average Bonchev–Trinajstić information content (AvgIpc) is 2.71. The third-order valence-electron chi connectivity index (χ3n) is 3.01. The molecule has 0 bridgehead atoms. The molecule has 5 heteroatoms. The molecule has 0 radical (unpaired) electrons. The molecule has 2 rings (SSSR count). The van der Waals surface area contributed by atoms with E-state index < -0.39 is 0 Å². The molecule has 0 amide bonds. The maximum absolute atomic E-state index is 5.37. The van der Waals surface area contributed by atoms with E-state index in [1.807, 2.05) is 29.7 Å². The minimum Gasteiger partial charge on any atom is -0.496 e. The number of aromatic nitrogens is 3. The molecule has 1 aromatic heterocycles. The maximum atomic E-state index is 5.37. The van der Waals surface area contributed by atoms with Crippen molar-refractivity contribution >= 4 is 12.2 Å². The van der Waals surface area contributed by atoms with E-state index in [0.29, 0.717) is 4.77 Å². The number of nitrogens with one attached hydrogen (secondary N) is 1. The van der Waals surface area contributed by atoms with Crippen LogP contribution in [0.2, 0.25) is 0 Å². The Morgan fingerprint density at radius 3 is 2.58 bits per heavy atom. The molecule has 0 atom stereocenters. The van der Waals surface area contributed by atoms with Crippen LogP contribution in [0.25, 0.3) is 11.4 Å². The van der Waals surface area contributed by atoms with E-state index in [9.17, 15) is 0 Å². The number of aromatic amines is 1. The minimum atomic E-state index is -0.127. The molecule has 0 fully saturated rings. The monoisotopic (exact) mass is 277 g/mol. The highest BCUT2D eigenvalue weighted by atomic mass is 32.1. The summed E-state index contributed by atoms with van der Waals surface area (Å²) in [7, 11) is 1.67.